The van der Waals surface area contributed by atoms with Crippen LogP contribution in [0.1, 0.15) is 26.3 Å². The van der Waals surface area contributed by atoms with Crippen LogP contribution < -0.4 is 10.5 Å². The van der Waals surface area contributed by atoms with Crippen molar-refractivity contribution in [2.75, 3.05) is 13.2 Å². The predicted octanol–water partition coefficient (Wildman–Crippen LogP) is 2.46. The van der Waals surface area contributed by atoms with Crippen LogP contribution in [-0.2, 0) is 5.41 Å². The topological polar surface area (TPSA) is 35.2 Å². The molecule has 0 unspecified atom stereocenters. The van der Waals surface area contributed by atoms with Crippen LogP contribution in [0.15, 0.2) is 18.2 Å². The van der Waals surface area contributed by atoms with Gasteiger partial charge in [-0.3, -0.25) is 0 Å². The van der Waals surface area contributed by atoms with E-state index in [0.29, 0.717) is 0 Å². The van der Waals surface area contributed by atoms with Crippen molar-refractivity contribution in [3.63, 3.8) is 0 Å². The average Bonchev–Trinajstić information content (AvgIpc) is 2.24. The predicted molar refractivity (Wildman–Crippen MR) is 67.4 cm³/mol. The lowest BCUT2D eigenvalue weighted by Crippen LogP contribution is -2.11. The smallest absolute Gasteiger partial charge is 0.165 e. The van der Waals surface area contributed by atoms with E-state index in [4.69, 9.17) is 10.5 Å². The van der Waals surface area contributed by atoms with Gasteiger partial charge in [0.15, 0.2) is 11.6 Å². The Bertz CT molecular complexity index is 438. The van der Waals surface area contributed by atoms with Crippen molar-refractivity contribution in [1.29, 1.82) is 0 Å². The molecule has 1 rings (SSSR count). The monoisotopic (exact) mass is 235 g/mol. The van der Waals surface area contributed by atoms with Gasteiger partial charge in [0.05, 0.1) is 6.54 Å². The summed E-state index contributed by atoms with van der Waals surface area (Å²) in [5.41, 5.74) is 6.07. The molecular formula is C14H18FNO. The summed E-state index contributed by atoms with van der Waals surface area (Å²) in [6.07, 6.45) is 0. The Morgan fingerprint density at radius 1 is 1.29 bits per heavy atom. The summed E-state index contributed by atoms with van der Waals surface area (Å²) in [5, 5.41) is 0. The molecule has 0 aliphatic carbocycles. The second-order valence-electron chi connectivity index (χ2n) is 4.74. The molecule has 1 aromatic rings. The molecule has 0 aromatic heterocycles. The standard InChI is InChI=1S/C14H18FNO/c1-14(2,3)11-6-7-13(12(15)10-11)17-9-5-4-8-16/h6-7,10H,8-9,16H2,1-3H3. The van der Waals surface area contributed by atoms with Crippen molar-refractivity contribution in [2.45, 2.75) is 26.2 Å². The minimum absolute atomic E-state index is 0.0707. The summed E-state index contributed by atoms with van der Waals surface area (Å²) in [7, 11) is 0. The van der Waals surface area contributed by atoms with Crippen molar-refractivity contribution < 1.29 is 9.13 Å². The van der Waals surface area contributed by atoms with E-state index in [9.17, 15) is 4.39 Å². The zero-order valence-corrected chi connectivity index (χ0v) is 10.5. The van der Waals surface area contributed by atoms with Crippen molar-refractivity contribution in [2.24, 2.45) is 5.73 Å². The molecule has 0 bridgehead atoms. The van der Waals surface area contributed by atoms with Gasteiger partial charge < -0.3 is 10.5 Å². The van der Waals surface area contributed by atoms with E-state index in [1.807, 2.05) is 26.8 Å². The Morgan fingerprint density at radius 3 is 2.53 bits per heavy atom. The molecule has 2 nitrogen and oxygen atoms in total. The van der Waals surface area contributed by atoms with Crippen LogP contribution in [0.5, 0.6) is 5.75 Å². The number of rotatable bonds is 2. The van der Waals surface area contributed by atoms with E-state index < -0.39 is 0 Å². The Morgan fingerprint density at radius 2 is 2.00 bits per heavy atom. The average molecular weight is 235 g/mol. The SMILES string of the molecule is CC(C)(C)c1ccc(OCC#CCN)c(F)c1. The summed E-state index contributed by atoms with van der Waals surface area (Å²) in [5.74, 6) is 5.22. The van der Waals surface area contributed by atoms with Gasteiger partial charge in [-0.2, -0.15) is 0 Å². The van der Waals surface area contributed by atoms with E-state index in [2.05, 4.69) is 11.8 Å². The van der Waals surface area contributed by atoms with Crippen LogP contribution in [0.3, 0.4) is 0 Å². The zero-order valence-electron chi connectivity index (χ0n) is 10.5. The quantitative estimate of drug-likeness (QED) is 0.799. The molecule has 0 spiro atoms. The van der Waals surface area contributed by atoms with E-state index in [-0.39, 0.29) is 30.1 Å². The lowest BCUT2D eigenvalue weighted by atomic mass is 9.87. The Labute approximate surface area is 102 Å². The maximum Gasteiger partial charge on any atom is 0.165 e. The van der Waals surface area contributed by atoms with Gasteiger partial charge in [0.2, 0.25) is 0 Å². The Kier molecular flexibility index (Phi) is 4.53. The summed E-state index contributed by atoms with van der Waals surface area (Å²) in [4.78, 5) is 0. The first-order valence-electron chi connectivity index (χ1n) is 5.54. The first-order valence-corrected chi connectivity index (χ1v) is 5.54. The summed E-state index contributed by atoms with van der Waals surface area (Å²) in [6, 6.07) is 5.01. The molecule has 0 aliphatic heterocycles. The van der Waals surface area contributed by atoms with Gasteiger partial charge in [-0.15, -0.1) is 0 Å². The van der Waals surface area contributed by atoms with Gasteiger partial charge in [-0.05, 0) is 23.1 Å². The van der Waals surface area contributed by atoms with Gasteiger partial charge in [0.1, 0.15) is 6.61 Å². The fourth-order valence-electron chi connectivity index (χ4n) is 1.32. The third-order valence-electron chi connectivity index (χ3n) is 2.32. The van der Waals surface area contributed by atoms with Crippen LogP contribution >= 0.6 is 0 Å². The van der Waals surface area contributed by atoms with Gasteiger partial charge >= 0.3 is 0 Å². The minimum Gasteiger partial charge on any atom is -0.478 e. The van der Waals surface area contributed by atoms with Crippen LogP contribution in [0.4, 0.5) is 4.39 Å². The molecule has 0 amide bonds. The molecule has 0 fully saturated rings. The maximum atomic E-state index is 13.7. The molecule has 92 valence electrons. The highest BCUT2D eigenvalue weighted by molar-refractivity contribution is 5.33. The summed E-state index contributed by atoms with van der Waals surface area (Å²) >= 11 is 0. The van der Waals surface area contributed by atoms with Crippen molar-refractivity contribution in [3.8, 4) is 17.6 Å². The van der Waals surface area contributed by atoms with Crippen LogP contribution in [-0.4, -0.2) is 13.2 Å². The number of ether oxygens (including phenoxy) is 1. The Hall–Kier alpha value is -1.53. The molecule has 0 radical (unpaired) electrons. The lowest BCUT2D eigenvalue weighted by molar-refractivity contribution is 0.347. The molecule has 17 heavy (non-hydrogen) atoms. The highest BCUT2D eigenvalue weighted by atomic mass is 19.1. The third kappa shape index (κ3) is 4.08. The van der Waals surface area contributed by atoms with Crippen molar-refractivity contribution >= 4 is 0 Å². The first kappa shape index (κ1) is 13.5. The van der Waals surface area contributed by atoms with Crippen molar-refractivity contribution in [1.82, 2.24) is 0 Å². The molecule has 0 atom stereocenters. The molecule has 1 aromatic carbocycles. The summed E-state index contributed by atoms with van der Waals surface area (Å²) in [6.45, 7) is 6.55. The van der Waals surface area contributed by atoms with Gasteiger partial charge in [0.25, 0.3) is 0 Å². The number of nitrogens with two attached hydrogens (primary N) is 1. The van der Waals surface area contributed by atoms with Crippen LogP contribution in [0.25, 0.3) is 0 Å². The van der Waals surface area contributed by atoms with Crippen LogP contribution in [0, 0.1) is 17.7 Å². The van der Waals surface area contributed by atoms with Crippen molar-refractivity contribution in [3.05, 3.63) is 29.6 Å². The van der Waals surface area contributed by atoms with Gasteiger partial charge in [-0.1, -0.05) is 38.7 Å². The van der Waals surface area contributed by atoms with E-state index in [0.717, 1.165) is 5.56 Å². The fourth-order valence-corrected chi connectivity index (χ4v) is 1.32. The maximum absolute atomic E-state index is 13.7. The highest BCUT2D eigenvalue weighted by Gasteiger charge is 2.15. The van der Waals surface area contributed by atoms with Gasteiger partial charge in [-0.25, -0.2) is 4.39 Å². The zero-order chi connectivity index (χ0) is 12.9. The highest BCUT2D eigenvalue weighted by Crippen LogP contribution is 2.26. The molecule has 0 saturated carbocycles. The molecule has 0 heterocycles. The fraction of sp³-hybridized carbons (Fsp3) is 0.429. The lowest BCUT2D eigenvalue weighted by Gasteiger charge is -2.19. The van der Waals surface area contributed by atoms with Crippen LogP contribution in [0.2, 0.25) is 0 Å². The molecule has 0 aliphatic rings. The molecule has 0 saturated heterocycles. The van der Waals surface area contributed by atoms with E-state index in [1.165, 1.54) is 6.07 Å². The number of hydrogen-bond acceptors (Lipinski definition) is 2. The van der Waals surface area contributed by atoms with E-state index >= 15 is 0 Å². The molecule has 3 heteroatoms. The number of halogens is 1. The third-order valence-corrected chi connectivity index (χ3v) is 2.32. The molecule has 2 N–H and O–H groups in total. The number of hydrogen-bond donors (Lipinski definition) is 1. The normalized spacial score (nSPS) is 10.6. The van der Waals surface area contributed by atoms with Gasteiger partial charge in [0, 0.05) is 0 Å². The molecular weight excluding hydrogens is 217 g/mol. The minimum atomic E-state index is -0.355. The largest absolute Gasteiger partial charge is 0.478 e. The second-order valence-corrected chi connectivity index (χ2v) is 4.74. The second kappa shape index (κ2) is 5.70. The van der Waals surface area contributed by atoms with E-state index in [1.54, 1.807) is 6.07 Å². The number of benzene rings is 1. The summed E-state index contributed by atoms with van der Waals surface area (Å²) < 4.78 is 18.9. The Balaban J connectivity index is 2.77. The first-order chi connectivity index (χ1) is 7.95.